The first-order chi connectivity index (χ1) is 10.3. The van der Waals surface area contributed by atoms with E-state index in [-0.39, 0.29) is 6.10 Å². The highest BCUT2D eigenvalue weighted by molar-refractivity contribution is 4.97. The molecular weight excluding hydrogens is 268 g/mol. The number of aromatic nitrogens is 3. The molecule has 2 fully saturated rings. The van der Waals surface area contributed by atoms with Crippen molar-refractivity contribution in [1.82, 2.24) is 20.1 Å². The van der Waals surface area contributed by atoms with E-state index in [9.17, 15) is 0 Å². The van der Waals surface area contributed by atoms with Gasteiger partial charge in [0, 0.05) is 32.7 Å². The van der Waals surface area contributed by atoms with Crippen molar-refractivity contribution < 1.29 is 9.47 Å². The Hall–Kier alpha value is -0.980. The van der Waals surface area contributed by atoms with Crippen molar-refractivity contribution in [1.29, 1.82) is 0 Å². The summed E-state index contributed by atoms with van der Waals surface area (Å²) in [7, 11) is 0. The zero-order valence-corrected chi connectivity index (χ0v) is 12.9. The smallest absolute Gasteiger partial charge is 0.180 e. The molecule has 6 heteroatoms. The lowest BCUT2D eigenvalue weighted by Crippen LogP contribution is -2.43. The van der Waals surface area contributed by atoms with E-state index in [4.69, 9.17) is 9.47 Å². The summed E-state index contributed by atoms with van der Waals surface area (Å²) in [5.41, 5.74) is 0. The highest BCUT2D eigenvalue weighted by atomic mass is 16.5. The maximum absolute atomic E-state index is 5.85. The molecule has 1 aromatic heterocycles. The molecule has 2 aliphatic heterocycles. The van der Waals surface area contributed by atoms with Gasteiger partial charge >= 0.3 is 0 Å². The molecule has 118 valence electrons. The van der Waals surface area contributed by atoms with Crippen LogP contribution in [0.2, 0.25) is 0 Å². The Kier molecular flexibility index (Phi) is 5.22. The highest BCUT2D eigenvalue weighted by Gasteiger charge is 2.27. The second-order valence-electron chi connectivity index (χ2n) is 6.00. The van der Waals surface area contributed by atoms with Crippen molar-refractivity contribution >= 4 is 0 Å². The molecular formula is C15H26N4O2. The number of aryl methyl sites for hydroxylation is 1. The zero-order chi connectivity index (χ0) is 14.5. The fraction of sp³-hybridized carbons (Fsp3) is 0.867. The fourth-order valence-corrected chi connectivity index (χ4v) is 3.07. The maximum atomic E-state index is 5.85. The normalized spacial score (nSPS) is 27.9. The van der Waals surface area contributed by atoms with Crippen LogP contribution in [0.4, 0.5) is 0 Å². The summed E-state index contributed by atoms with van der Waals surface area (Å²) < 4.78 is 11.7. The van der Waals surface area contributed by atoms with Crippen LogP contribution in [0.1, 0.15) is 50.4 Å². The van der Waals surface area contributed by atoms with E-state index in [2.05, 4.69) is 27.0 Å². The average molecular weight is 294 g/mol. The molecule has 1 N–H and O–H groups in total. The Morgan fingerprint density at radius 2 is 2.24 bits per heavy atom. The minimum Gasteiger partial charge on any atom is -0.377 e. The topological polar surface area (TPSA) is 63.3 Å². The monoisotopic (exact) mass is 294 g/mol. The van der Waals surface area contributed by atoms with E-state index in [1.54, 1.807) is 0 Å². The van der Waals surface area contributed by atoms with Crippen LogP contribution in [0.15, 0.2) is 0 Å². The summed E-state index contributed by atoms with van der Waals surface area (Å²) >= 11 is 0. The number of hydrogen-bond donors (Lipinski definition) is 1. The van der Waals surface area contributed by atoms with Gasteiger partial charge in [-0.25, -0.2) is 4.98 Å². The van der Waals surface area contributed by atoms with Crippen LogP contribution in [0.3, 0.4) is 0 Å². The number of ether oxygens (including phenoxy) is 2. The second-order valence-corrected chi connectivity index (χ2v) is 6.00. The van der Waals surface area contributed by atoms with Crippen LogP contribution in [0.25, 0.3) is 0 Å². The molecule has 2 saturated heterocycles. The third-order valence-electron chi connectivity index (χ3n) is 4.21. The van der Waals surface area contributed by atoms with Gasteiger partial charge < -0.3 is 9.47 Å². The van der Waals surface area contributed by atoms with E-state index in [0.717, 1.165) is 57.3 Å². The number of morpholine rings is 1. The lowest BCUT2D eigenvalue weighted by atomic mass is 10.1. The van der Waals surface area contributed by atoms with Gasteiger partial charge in [0.25, 0.3) is 0 Å². The predicted molar refractivity (Wildman–Crippen MR) is 79.1 cm³/mol. The molecule has 0 amide bonds. The lowest BCUT2D eigenvalue weighted by Gasteiger charge is -2.35. The number of aromatic amines is 1. The van der Waals surface area contributed by atoms with Crippen molar-refractivity contribution in [3.8, 4) is 0 Å². The highest BCUT2D eigenvalue weighted by Crippen LogP contribution is 2.21. The Bertz CT molecular complexity index is 431. The van der Waals surface area contributed by atoms with Gasteiger partial charge in [-0.1, -0.05) is 6.92 Å². The van der Waals surface area contributed by atoms with E-state index >= 15 is 0 Å². The molecule has 3 heterocycles. The molecule has 0 aliphatic carbocycles. The molecule has 1 aromatic rings. The van der Waals surface area contributed by atoms with Gasteiger partial charge in [0.05, 0.1) is 12.7 Å². The molecule has 2 aliphatic rings. The van der Waals surface area contributed by atoms with Crippen molar-refractivity contribution in [2.75, 3.05) is 32.8 Å². The zero-order valence-electron chi connectivity index (χ0n) is 12.9. The number of rotatable bonds is 5. The first-order valence-electron chi connectivity index (χ1n) is 8.22. The number of nitrogens with zero attached hydrogens (tertiary/aromatic N) is 3. The summed E-state index contributed by atoms with van der Waals surface area (Å²) in [5, 5.41) is 7.34. The van der Waals surface area contributed by atoms with Crippen LogP contribution in [0, 0.1) is 0 Å². The Labute approximate surface area is 126 Å². The minimum absolute atomic E-state index is 0.0100. The van der Waals surface area contributed by atoms with Gasteiger partial charge in [-0.05, 0) is 25.7 Å². The molecule has 3 rings (SSSR count). The SMILES string of the molecule is CCCc1nc([C@@H]2CN(C[C@@H]3CCCCO3)CCO2)n[nH]1. The maximum Gasteiger partial charge on any atom is 0.180 e. The number of nitrogens with one attached hydrogen (secondary N) is 1. The second kappa shape index (κ2) is 7.33. The molecule has 0 aromatic carbocycles. The summed E-state index contributed by atoms with van der Waals surface area (Å²) in [4.78, 5) is 6.99. The average Bonchev–Trinajstić information content (AvgIpc) is 2.98. The largest absolute Gasteiger partial charge is 0.377 e. The molecule has 0 radical (unpaired) electrons. The molecule has 2 atom stereocenters. The van der Waals surface area contributed by atoms with E-state index in [1.807, 2.05) is 0 Å². The van der Waals surface area contributed by atoms with Crippen molar-refractivity contribution in [2.24, 2.45) is 0 Å². The Balaban J connectivity index is 1.54. The minimum atomic E-state index is -0.0100. The third kappa shape index (κ3) is 4.02. The Morgan fingerprint density at radius 3 is 3.05 bits per heavy atom. The number of hydrogen-bond acceptors (Lipinski definition) is 5. The summed E-state index contributed by atoms with van der Waals surface area (Å²) in [5.74, 6) is 1.76. The van der Waals surface area contributed by atoms with Crippen molar-refractivity contribution in [2.45, 2.75) is 51.2 Å². The van der Waals surface area contributed by atoms with Gasteiger partial charge in [0.15, 0.2) is 5.82 Å². The first-order valence-corrected chi connectivity index (χ1v) is 8.22. The summed E-state index contributed by atoms with van der Waals surface area (Å²) in [6.45, 7) is 6.65. The summed E-state index contributed by atoms with van der Waals surface area (Å²) in [6, 6.07) is 0. The summed E-state index contributed by atoms with van der Waals surface area (Å²) in [6.07, 6.45) is 6.08. The first kappa shape index (κ1) is 14.9. The van der Waals surface area contributed by atoms with E-state index < -0.39 is 0 Å². The van der Waals surface area contributed by atoms with Gasteiger partial charge in [-0.2, -0.15) is 5.10 Å². The van der Waals surface area contributed by atoms with Crippen LogP contribution < -0.4 is 0 Å². The van der Waals surface area contributed by atoms with Crippen molar-refractivity contribution in [3.63, 3.8) is 0 Å². The van der Waals surface area contributed by atoms with E-state index in [0.29, 0.717) is 6.10 Å². The molecule has 0 bridgehead atoms. The quantitative estimate of drug-likeness (QED) is 0.895. The van der Waals surface area contributed by atoms with Crippen LogP contribution in [-0.4, -0.2) is 59.0 Å². The predicted octanol–water partition coefficient (Wildman–Crippen LogP) is 1.70. The molecule has 0 saturated carbocycles. The van der Waals surface area contributed by atoms with Crippen molar-refractivity contribution in [3.05, 3.63) is 11.6 Å². The molecule has 6 nitrogen and oxygen atoms in total. The molecule has 0 unspecified atom stereocenters. The van der Waals surface area contributed by atoms with Gasteiger partial charge in [-0.15, -0.1) is 0 Å². The van der Waals surface area contributed by atoms with Gasteiger partial charge in [-0.3, -0.25) is 10.00 Å². The van der Waals surface area contributed by atoms with Crippen LogP contribution in [0.5, 0.6) is 0 Å². The van der Waals surface area contributed by atoms with Gasteiger partial charge in [0.2, 0.25) is 0 Å². The third-order valence-corrected chi connectivity index (χ3v) is 4.21. The van der Waals surface area contributed by atoms with Crippen LogP contribution >= 0.6 is 0 Å². The standard InChI is InChI=1S/C15H26N4O2/c1-2-5-14-16-15(18-17-14)13-11-19(7-9-21-13)10-12-6-3-4-8-20-12/h12-13H,2-11H2,1H3,(H,16,17,18)/t12-,13-/m0/s1. The lowest BCUT2D eigenvalue weighted by molar-refractivity contribution is -0.0636. The molecule has 0 spiro atoms. The number of H-pyrrole nitrogens is 1. The Morgan fingerprint density at radius 1 is 1.29 bits per heavy atom. The van der Waals surface area contributed by atoms with Gasteiger partial charge in [0.1, 0.15) is 11.9 Å². The van der Waals surface area contributed by atoms with E-state index in [1.165, 1.54) is 19.3 Å². The fourth-order valence-electron chi connectivity index (χ4n) is 3.07. The van der Waals surface area contributed by atoms with Crippen LogP contribution in [-0.2, 0) is 15.9 Å². The molecule has 21 heavy (non-hydrogen) atoms.